The monoisotopic (exact) mass is 475 g/mol. The fourth-order valence-electron chi connectivity index (χ4n) is 1.62. The van der Waals surface area contributed by atoms with Gasteiger partial charge in [-0.1, -0.05) is 15.9 Å². The summed E-state index contributed by atoms with van der Waals surface area (Å²) in [4.78, 5) is 23.3. The van der Waals surface area contributed by atoms with Gasteiger partial charge in [-0.3, -0.25) is 4.79 Å². The minimum Gasteiger partial charge on any atom is -0.478 e. The number of hydrogen-bond acceptors (Lipinski definition) is 2. The molecule has 0 aliphatic carbocycles. The van der Waals surface area contributed by atoms with Gasteiger partial charge in [-0.05, 0) is 68.3 Å². The van der Waals surface area contributed by atoms with Crippen LogP contribution in [-0.2, 0) is 0 Å². The first-order chi connectivity index (χ1) is 9.88. The number of amides is 1. The average Bonchev–Trinajstić information content (AvgIpc) is 2.43. The SMILES string of the molecule is O=C(O)c1ccc(Br)c(NC(=O)c2cc(Br)ccc2Br)c1. The second-order valence-electron chi connectivity index (χ2n) is 4.08. The molecule has 2 rings (SSSR count). The molecule has 4 nitrogen and oxygen atoms in total. The van der Waals surface area contributed by atoms with Crippen molar-refractivity contribution < 1.29 is 14.7 Å². The van der Waals surface area contributed by atoms with Crippen LogP contribution < -0.4 is 5.32 Å². The number of carboxylic acid groups (broad SMARTS) is 1. The van der Waals surface area contributed by atoms with E-state index in [0.29, 0.717) is 20.2 Å². The van der Waals surface area contributed by atoms with Gasteiger partial charge in [0.1, 0.15) is 0 Å². The molecule has 1 amide bonds. The molecule has 0 unspecified atom stereocenters. The maximum absolute atomic E-state index is 12.3. The van der Waals surface area contributed by atoms with Gasteiger partial charge in [0.2, 0.25) is 0 Å². The fraction of sp³-hybridized carbons (Fsp3) is 0. The normalized spacial score (nSPS) is 10.2. The summed E-state index contributed by atoms with van der Waals surface area (Å²) in [7, 11) is 0. The van der Waals surface area contributed by atoms with E-state index in [1.165, 1.54) is 12.1 Å². The molecular formula is C14H8Br3NO3. The van der Waals surface area contributed by atoms with Crippen LogP contribution in [0.3, 0.4) is 0 Å². The third-order valence-corrected chi connectivity index (χ3v) is 4.51. The zero-order valence-electron chi connectivity index (χ0n) is 10.4. The van der Waals surface area contributed by atoms with Gasteiger partial charge in [-0.2, -0.15) is 0 Å². The first-order valence-electron chi connectivity index (χ1n) is 5.67. The number of aromatic carboxylic acids is 1. The van der Waals surface area contributed by atoms with Gasteiger partial charge >= 0.3 is 5.97 Å². The average molecular weight is 478 g/mol. The number of carbonyl (C=O) groups excluding carboxylic acids is 1. The van der Waals surface area contributed by atoms with Crippen molar-refractivity contribution in [3.8, 4) is 0 Å². The summed E-state index contributed by atoms with van der Waals surface area (Å²) < 4.78 is 2.02. The van der Waals surface area contributed by atoms with Crippen LogP contribution in [0, 0.1) is 0 Å². The summed E-state index contributed by atoms with van der Waals surface area (Å²) in [5.41, 5.74) is 0.936. The van der Waals surface area contributed by atoms with Crippen molar-refractivity contribution in [1.29, 1.82) is 0 Å². The molecule has 0 radical (unpaired) electrons. The maximum atomic E-state index is 12.3. The van der Waals surface area contributed by atoms with E-state index in [2.05, 4.69) is 53.1 Å². The molecule has 2 aromatic carbocycles. The highest BCUT2D eigenvalue weighted by Crippen LogP contribution is 2.26. The van der Waals surface area contributed by atoms with Gasteiger partial charge in [0, 0.05) is 13.4 Å². The Kier molecular flexibility index (Phi) is 5.18. The van der Waals surface area contributed by atoms with E-state index in [-0.39, 0.29) is 11.5 Å². The standard InChI is InChI=1S/C14H8Br3NO3/c15-8-2-4-10(16)9(6-8)13(19)18-12-5-7(14(20)21)1-3-11(12)17/h1-6H,(H,18,19)(H,20,21). The van der Waals surface area contributed by atoms with E-state index in [1.807, 2.05) is 6.07 Å². The van der Waals surface area contributed by atoms with Gasteiger partial charge in [0.15, 0.2) is 0 Å². The first kappa shape index (κ1) is 16.2. The molecule has 0 heterocycles. The lowest BCUT2D eigenvalue weighted by atomic mass is 10.1. The van der Waals surface area contributed by atoms with Crippen LogP contribution in [0.5, 0.6) is 0 Å². The van der Waals surface area contributed by atoms with E-state index in [1.54, 1.807) is 18.2 Å². The second-order valence-corrected chi connectivity index (χ2v) is 6.70. The molecule has 0 spiro atoms. The van der Waals surface area contributed by atoms with Crippen molar-refractivity contribution in [2.45, 2.75) is 0 Å². The summed E-state index contributed by atoms with van der Waals surface area (Å²) in [5.74, 6) is -1.40. The largest absolute Gasteiger partial charge is 0.478 e. The van der Waals surface area contributed by atoms with Gasteiger partial charge < -0.3 is 10.4 Å². The van der Waals surface area contributed by atoms with Gasteiger partial charge in [-0.25, -0.2) is 4.79 Å². The number of nitrogens with one attached hydrogen (secondary N) is 1. The number of carbonyl (C=O) groups is 2. The highest BCUT2D eigenvalue weighted by atomic mass is 79.9. The van der Waals surface area contributed by atoms with Crippen molar-refractivity contribution in [3.63, 3.8) is 0 Å². The third-order valence-electron chi connectivity index (χ3n) is 2.63. The molecule has 0 aliphatic heterocycles. The van der Waals surface area contributed by atoms with Crippen molar-refractivity contribution in [2.75, 3.05) is 5.32 Å². The molecule has 0 atom stereocenters. The van der Waals surface area contributed by atoms with Crippen LogP contribution in [0.2, 0.25) is 0 Å². The smallest absolute Gasteiger partial charge is 0.335 e. The van der Waals surface area contributed by atoms with Crippen LogP contribution in [0.4, 0.5) is 5.69 Å². The van der Waals surface area contributed by atoms with Crippen LogP contribution >= 0.6 is 47.8 Å². The summed E-state index contributed by atoms with van der Waals surface area (Å²) in [6, 6.07) is 9.67. The Hall–Kier alpha value is -1.18. The van der Waals surface area contributed by atoms with Gasteiger partial charge in [-0.15, -0.1) is 0 Å². The number of carboxylic acids is 1. The topological polar surface area (TPSA) is 66.4 Å². The first-order valence-corrected chi connectivity index (χ1v) is 8.05. The van der Waals surface area contributed by atoms with E-state index < -0.39 is 5.97 Å². The van der Waals surface area contributed by atoms with Gasteiger partial charge in [0.05, 0.1) is 16.8 Å². The predicted molar refractivity (Wildman–Crippen MR) is 90.9 cm³/mol. The van der Waals surface area contributed by atoms with Crippen LogP contribution in [0.1, 0.15) is 20.7 Å². The van der Waals surface area contributed by atoms with Crippen molar-refractivity contribution in [3.05, 3.63) is 60.9 Å². The quantitative estimate of drug-likeness (QED) is 0.659. The van der Waals surface area contributed by atoms with Crippen LogP contribution in [0.15, 0.2) is 49.8 Å². The van der Waals surface area contributed by atoms with E-state index in [0.717, 1.165) is 4.47 Å². The van der Waals surface area contributed by atoms with Crippen molar-refractivity contribution >= 4 is 65.4 Å². The van der Waals surface area contributed by atoms with Crippen LogP contribution in [-0.4, -0.2) is 17.0 Å². The zero-order chi connectivity index (χ0) is 15.6. The molecular weight excluding hydrogens is 470 g/mol. The zero-order valence-corrected chi connectivity index (χ0v) is 15.1. The molecule has 108 valence electrons. The molecule has 0 saturated carbocycles. The Bertz CT molecular complexity index is 731. The molecule has 0 fully saturated rings. The number of anilines is 1. The fourth-order valence-corrected chi connectivity index (χ4v) is 2.75. The molecule has 7 heteroatoms. The molecule has 0 aliphatic rings. The molecule has 2 N–H and O–H groups in total. The Morgan fingerprint density at radius 2 is 1.62 bits per heavy atom. The lowest BCUT2D eigenvalue weighted by molar-refractivity contribution is 0.0696. The van der Waals surface area contributed by atoms with Crippen molar-refractivity contribution in [2.24, 2.45) is 0 Å². The summed E-state index contributed by atoms with van der Waals surface area (Å²) in [6.45, 7) is 0. The highest BCUT2D eigenvalue weighted by Gasteiger charge is 2.14. The second kappa shape index (κ2) is 6.72. The Balaban J connectivity index is 2.33. The predicted octanol–water partition coefficient (Wildman–Crippen LogP) is 4.92. The molecule has 0 saturated heterocycles. The van der Waals surface area contributed by atoms with E-state index >= 15 is 0 Å². The number of halogens is 3. The number of rotatable bonds is 3. The Morgan fingerprint density at radius 3 is 2.29 bits per heavy atom. The van der Waals surface area contributed by atoms with E-state index in [4.69, 9.17) is 5.11 Å². The maximum Gasteiger partial charge on any atom is 0.335 e. The molecule has 0 aromatic heterocycles. The lowest BCUT2D eigenvalue weighted by Crippen LogP contribution is -2.13. The number of benzene rings is 2. The summed E-state index contributed by atoms with van der Waals surface area (Å²) >= 11 is 9.91. The van der Waals surface area contributed by atoms with E-state index in [9.17, 15) is 9.59 Å². The van der Waals surface area contributed by atoms with Crippen LogP contribution in [0.25, 0.3) is 0 Å². The Morgan fingerprint density at radius 1 is 0.952 bits per heavy atom. The molecule has 21 heavy (non-hydrogen) atoms. The van der Waals surface area contributed by atoms with Crippen molar-refractivity contribution in [1.82, 2.24) is 0 Å². The lowest BCUT2D eigenvalue weighted by Gasteiger charge is -2.10. The number of hydrogen-bond donors (Lipinski definition) is 2. The highest BCUT2D eigenvalue weighted by molar-refractivity contribution is 9.11. The minimum atomic E-state index is -1.05. The third kappa shape index (κ3) is 3.93. The molecule has 2 aromatic rings. The van der Waals surface area contributed by atoms with Gasteiger partial charge in [0.25, 0.3) is 5.91 Å². The molecule has 0 bridgehead atoms. The Labute approximate surface area is 145 Å². The minimum absolute atomic E-state index is 0.0989. The summed E-state index contributed by atoms with van der Waals surface area (Å²) in [5, 5.41) is 11.7. The summed E-state index contributed by atoms with van der Waals surface area (Å²) in [6.07, 6.45) is 0.